The Bertz CT molecular complexity index is 412. The van der Waals surface area contributed by atoms with Gasteiger partial charge in [0.1, 0.15) is 10.4 Å². The fraction of sp³-hybridized carbons (Fsp3) is 0.333. The summed E-state index contributed by atoms with van der Waals surface area (Å²) in [6.07, 6.45) is -2.15. The van der Waals surface area contributed by atoms with Gasteiger partial charge in [-0.15, -0.1) is 0 Å². The van der Waals surface area contributed by atoms with Crippen molar-refractivity contribution >= 4 is 21.9 Å². The van der Waals surface area contributed by atoms with E-state index in [1.807, 2.05) is 0 Å². The van der Waals surface area contributed by atoms with Crippen LogP contribution in [0.25, 0.3) is 0 Å². The normalized spacial score (nSPS) is 10.6. The molecule has 7 heteroatoms. The third kappa shape index (κ3) is 2.66. The maximum Gasteiger partial charge on any atom is 0.307 e. The first-order valence-electron chi connectivity index (χ1n) is 4.18. The lowest BCUT2D eigenvalue weighted by Crippen LogP contribution is -2.08. The zero-order chi connectivity index (χ0) is 12.3. The third-order valence-corrected chi connectivity index (χ3v) is 2.54. The molecule has 16 heavy (non-hydrogen) atoms. The lowest BCUT2D eigenvalue weighted by atomic mass is 10.1. The maximum atomic E-state index is 12.7. The molecule has 0 unspecified atom stereocenters. The van der Waals surface area contributed by atoms with Gasteiger partial charge in [-0.25, -0.2) is 13.8 Å². The molecule has 88 valence electrons. The van der Waals surface area contributed by atoms with Crippen LogP contribution in [-0.2, 0) is 11.2 Å². The molecule has 0 spiro atoms. The van der Waals surface area contributed by atoms with Crippen LogP contribution in [-0.4, -0.2) is 23.2 Å². The smallest absolute Gasteiger partial charge is 0.307 e. The van der Waals surface area contributed by atoms with Crippen LogP contribution in [0.1, 0.15) is 17.6 Å². The molecule has 0 aromatic carbocycles. The molecule has 1 rings (SSSR count). The first-order valence-corrected chi connectivity index (χ1v) is 4.97. The van der Waals surface area contributed by atoms with Gasteiger partial charge in [-0.05, 0) is 15.9 Å². The van der Waals surface area contributed by atoms with Gasteiger partial charge < -0.3 is 9.84 Å². The molecular weight excluding hydrogens is 288 g/mol. The fourth-order valence-corrected chi connectivity index (χ4v) is 1.77. The fourth-order valence-electron chi connectivity index (χ4n) is 1.25. The highest BCUT2D eigenvalue weighted by molar-refractivity contribution is 9.10. The number of hydrogen-bond donors (Lipinski definition) is 1. The summed E-state index contributed by atoms with van der Waals surface area (Å²) in [6, 6.07) is 0. The van der Waals surface area contributed by atoms with Gasteiger partial charge in [0, 0.05) is 5.56 Å². The molecule has 0 saturated heterocycles. The summed E-state index contributed by atoms with van der Waals surface area (Å²) in [5, 5.41) is 8.65. The number of halogens is 3. The predicted molar refractivity (Wildman–Crippen MR) is 54.8 cm³/mol. The van der Waals surface area contributed by atoms with Crippen molar-refractivity contribution in [3.63, 3.8) is 0 Å². The molecular formula is C9H8BrF2NO3. The number of aliphatic carboxylic acids is 1. The van der Waals surface area contributed by atoms with Gasteiger partial charge >= 0.3 is 5.97 Å². The number of rotatable bonds is 4. The molecule has 1 heterocycles. The SMILES string of the molecule is COc1cnc(Br)c(C(F)F)c1CC(=O)O. The monoisotopic (exact) mass is 295 g/mol. The van der Waals surface area contributed by atoms with E-state index < -0.39 is 24.4 Å². The Balaban J connectivity index is 3.36. The van der Waals surface area contributed by atoms with Gasteiger partial charge in [-0.3, -0.25) is 4.79 Å². The van der Waals surface area contributed by atoms with Crippen LogP contribution in [0.3, 0.4) is 0 Å². The van der Waals surface area contributed by atoms with Crippen LogP contribution in [0.5, 0.6) is 5.75 Å². The van der Waals surface area contributed by atoms with E-state index in [0.29, 0.717) is 0 Å². The van der Waals surface area contributed by atoms with Crippen molar-refractivity contribution in [2.75, 3.05) is 7.11 Å². The van der Waals surface area contributed by atoms with E-state index in [1.165, 1.54) is 13.3 Å². The molecule has 0 aliphatic heterocycles. The number of carboxylic acids is 1. The molecule has 1 aromatic rings. The Hall–Kier alpha value is -1.24. The number of alkyl halides is 2. The van der Waals surface area contributed by atoms with E-state index in [-0.39, 0.29) is 15.9 Å². The number of hydrogen-bond acceptors (Lipinski definition) is 3. The number of methoxy groups -OCH3 is 1. The molecule has 4 nitrogen and oxygen atoms in total. The molecule has 0 saturated carbocycles. The number of aromatic nitrogens is 1. The van der Waals surface area contributed by atoms with E-state index in [4.69, 9.17) is 9.84 Å². The van der Waals surface area contributed by atoms with E-state index in [1.54, 1.807) is 0 Å². The van der Waals surface area contributed by atoms with Crippen LogP contribution in [0.2, 0.25) is 0 Å². The maximum absolute atomic E-state index is 12.7. The van der Waals surface area contributed by atoms with E-state index >= 15 is 0 Å². The van der Waals surface area contributed by atoms with Gasteiger partial charge in [0.05, 0.1) is 25.3 Å². The molecule has 1 N–H and O–H groups in total. The van der Waals surface area contributed by atoms with Gasteiger partial charge in [0.15, 0.2) is 0 Å². The molecule has 0 aliphatic carbocycles. The second-order valence-electron chi connectivity index (χ2n) is 2.88. The van der Waals surface area contributed by atoms with Crippen molar-refractivity contribution in [3.8, 4) is 5.75 Å². The summed E-state index contributed by atoms with van der Waals surface area (Å²) in [6.45, 7) is 0. The number of nitrogens with zero attached hydrogens (tertiary/aromatic N) is 1. The van der Waals surface area contributed by atoms with Crippen molar-refractivity contribution in [3.05, 3.63) is 21.9 Å². The molecule has 0 amide bonds. The summed E-state index contributed by atoms with van der Waals surface area (Å²) < 4.78 is 30.2. The van der Waals surface area contributed by atoms with E-state index in [9.17, 15) is 13.6 Å². The second kappa shape index (κ2) is 5.20. The van der Waals surface area contributed by atoms with Gasteiger partial charge in [0.2, 0.25) is 0 Å². The van der Waals surface area contributed by atoms with Crippen LogP contribution in [0.15, 0.2) is 10.8 Å². The number of pyridine rings is 1. The Morgan fingerprint density at radius 3 is 2.75 bits per heavy atom. The van der Waals surface area contributed by atoms with Crippen LogP contribution in [0.4, 0.5) is 8.78 Å². The van der Waals surface area contributed by atoms with E-state index in [2.05, 4.69) is 20.9 Å². The topological polar surface area (TPSA) is 59.4 Å². The zero-order valence-electron chi connectivity index (χ0n) is 8.21. The number of ether oxygens (including phenoxy) is 1. The molecule has 0 bridgehead atoms. The van der Waals surface area contributed by atoms with Crippen LogP contribution >= 0.6 is 15.9 Å². The van der Waals surface area contributed by atoms with Crippen molar-refractivity contribution in [2.45, 2.75) is 12.8 Å². The number of carbonyl (C=O) groups is 1. The summed E-state index contributed by atoms with van der Waals surface area (Å²) >= 11 is 2.86. The quantitative estimate of drug-likeness (QED) is 0.867. The largest absolute Gasteiger partial charge is 0.495 e. The average Bonchev–Trinajstić information content (AvgIpc) is 2.16. The molecule has 0 aliphatic rings. The van der Waals surface area contributed by atoms with Crippen molar-refractivity contribution in [2.24, 2.45) is 0 Å². The lowest BCUT2D eigenvalue weighted by molar-refractivity contribution is -0.136. The Labute approximate surface area is 98.4 Å². The highest BCUT2D eigenvalue weighted by Gasteiger charge is 2.23. The van der Waals surface area contributed by atoms with Crippen molar-refractivity contribution < 1.29 is 23.4 Å². The minimum atomic E-state index is -2.81. The Morgan fingerprint density at radius 1 is 1.69 bits per heavy atom. The summed E-state index contributed by atoms with van der Waals surface area (Å²) in [5.74, 6) is -1.17. The van der Waals surface area contributed by atoms with Gasteiger partial charge in [0.25, 0.3) is 6.43 Å². The van der Waals surface area contributed by atoms with E-state index in [0.717, 1.165) is 0 Å². The molecule has 0 radical (unpaired) electrons. The standard InChI is InChI=1S/C9H8BrF2NO3/c1-16-5-3-13-8(10)7(9(11)12)4(5)2-6(14)15/h3,9H,2H2,1H3,(H,14,15). The lowest BCUT2D eigenvalue weighted by Gasteiger charge is -2.12. The minimum absolute atomic E-state index is 0.0425. The van der Waals surface area contributed by atoms with Crippen LogP contribution < -0.4 is 4.74 Å². The highest BCUT2D eigenvalue weighted by atomic mass is 79.9. The van der Waals surface area contributed by atoms with Crippen molar-refractivity contribution in [1.82, 2.24) is 4.98 Å². The molecule has 0 atom stereocenters. The summed E-state index contributed by atoms with van der Waals surface area (Å²) in [4.78, 5) is 14.2. The minimum Gasteiger partial charge on any atom is -0.495 e. The Morgan fingerprint density at radius 2 is 2.31 bits per heavy atom. The first-order chi connectivity index (χ1) is 7.47. The number of carboxylic acid groups (broad SMARTS) is 1. The highest BCUT2D eigenvalue weighted by Crippen LogP contribution is 2.34. The second-order valence-corrected chi connectivity index (χ2v) is 3.63. The predicted octanol–water partition coefficient (Wildman–Crippen LogP) is 2.42. The first kappa shape index (κ1) is 12.8. The van der Waals surface area contributed by atoms with Gasteiger partial charge in [-0.1, -0.05) is 0 Å². The third-order valence-electron chi connectivity index (χ3n) is 1.91. The Kier molecular flexibility index (Phi) is 4.17. The summed E-state index contributed by atoms with van der Waals surface area (Å²) in [7, 11) is 1.27. The molecule has 1 aromatic heterocycles. The van der Waals surface area contributed by atoms with Crippen LogP contribution in [0, 0.1) is 0 Å². The van der Waals surface area contributed by atoms with Gasteiger partial charge in [-0.2, -0.15) is 0 Å². The summed E-state index contributed by atoms with van der Waals surface area (Å²) in [5.41, 5.74) is -0.506. The molecule has 0 fully saturated rings. The van der Waals surface area contributed by atoms with Crippen molar-refractivity contribution in [1.29, 1.82) is 0 Å². The average molecular weight is 296 g/mol. The zero-order valence-corrected chi connectivity index (χ0v) is 9.79.